The highest BCUT2D eigenvalue weighted by Gasteiger charge is 2.28. The number of carbonyl (C=O) groups is 2. The van der Waals surface area contributed by atoms with Gasteiger partial charge in [0.25, 0.3) is 20.2 Å². The molecule has 2 fully saturated rings. The van der Waals surface area contributed by atoms with Crippen molar-refractivity contribution in [2.75, 3.05) is 11.5 Å². The van der Waals surface area contributed by atoms with Crippen molar-refractivity contribution < 1.29 is 44.3 Å². The second-order valence-corrected chi connectivity index (χ2v) is 12.9. The summed E-state index contributed by atoms with van der Waals surface area (Å²) in [7, 11) is -7.94. The minimum Gasteiger partial charge on any atom is -0.460 e. The highest BCUT2D eigenvalue weighted by molar-refractivity contribution is 7.87. The van der Waals surface area contributed by atoms with Gasteiger partial charge in [-0.15, -0.1) is 0 Å². The summed E-state index contributed by atoms with van der Waals surface area (Å²) < 4.78 is 69.2. The van der Waals surface area contributed by atoms with Crippen molar-refractivity contribution >= 4 is 32.2 Å². The molecular formula is C23H40O10S2. The maximum absolute atomic E-state index is 12.2. The van der Waals surface area contributed by atoms with E-state index in [0.29, 0.717) is 0 Å². The molecule has 2 aliphatic carbocycles. The van der Waals surface area contributed by atoms with Crippen LogP contribution in [0.3, 0.4) is 0 Å². The van der Waals surface area contributed by atoms with Gasteiger partial charge in [0.15, 0.2) is 12.2 Å². The molecule has 2 atom stereocenters. The van der Waals surface area contributed by atoms with Crippen LogP contribution >= 0.6 is 0 Å². The Kier molecular flexibility index (Phi) is 12.4. The molecule has 2 rings (SSSR count). The minimum absolute atomic E-state index is 0.154. The van der Waals surface area contributed by atoms with E-state index in [9.17, 15) is 26.4 Å². The van der Waals surface area contributed by atoms with E-state index in [0.717, 1.165) is 64.2 Å². The normalized spacial score (nSPS) is 20.2. The first-order chi connectivity index (χ1) is 16.5. The molecule has 12 heteroatoms. The molecular weight excluding hydrogens is 500 g/mol. The third kappa shape index (κ3) is 12.0. The molecule has 0 spiro atoms. The molecule has 0 N–H and O–H groups in total. The lowest BCUT2D eigenvalue weighted by molar-refractivity contribution is -0.158. The van der Waals surface area contributed by atoms with Crippen molar-refractivity contribution in [3.8, 4) is 0 Å². The average molecular weight is 541 g/mol. The van der Waals surface area contributed by atoms with E-state index in [-0.39, 0.29) is 43.0 Å². The lowest BCUT2D eigenvalue weighted by Gasteiger charge is -2.23. The van der Waals surface area contributed by atoms with E-state index in [1.165, 1.54) is 13.8 Å². The van der Waals surface area contributed by atoms with E-state index >= 15 is 0 Å². The summed E-state index contributed by atoms with van der Waals surface area (Å²) in [6.45, 7) is 2.68. The molecule has 2 saturated carbocycles. The monoisotopic (exact) mass is 540 g/mol. The topological polar surface area (TPSA) is 139 Å². The zero-order chi connectivity index (χ0) is 25.9. The number of ether oxygens (including phenoxy) is 2. The average Bonchev–Trinajstić information content (AvgIpc) is 2.79. The molecule has 35 heavy (non-hydrogen) atoms. The van der Waals surface area contributed by atoms with Crippen LogP contribution in [0.25, 0.3) is 0 Å². The largest absolute Gasteiger partial charge is 0.460 e. The van der Waals surface area contributed by atoms with Crippen LogP contribution in [0.5, 0.6) is 0 Å². The molecule has 10 nitrogen and oxygen atoms in total. The predicted octanol–water partition coefficient (Wildman–Crippen LogP) is 3.38. The fourth-order valence-corrected chi connectivity index (χ4v) is 6.58. The highest BCUT2D eigenvalue weighted by Crippen LogP contribution is 2.22. The number of rotatable bonds is 14. The Labute approximate surface area is 209 Å². The summed E-state index contributed by atoms with van der Waals surface area (Å²) in [5.41, 5.74) is 0. The Hall–Kier alpha value is -1.24. The maximum Gasteiger partial charge on any atom is 0.336 e. The summed E-state index contributed by atoms with van der Waals surface area (Å²) >= 11 is 0. The highest BCUT2D eigenvalue weighted by atomic mass is 32.2. The molecule has 0 saturated heterocycles. The second-order valence-electron chi connectivity index (χ2n) is 9.45. The lowest BCUT2D eigenvalue weighted by Crippen LogP contribution is -2.31. The van der Waals surface area contributed by atoms with Crippen LogP contribution < -0.4 is 0 Å². The zero-order valence-corrected chi connectivity index (χ0v) is 22.4. The van der Waals surface area contributed by atoms with Crippen molar-refractivity contribution in [1.29, 1.82) is 0 Å². The van der Waals surface area contributed by atoms with Crippen LogP contribution in [0, 0.1) is 0 Å². The van der Waals surface area contributed by atoms with Gasteiger partial charge >= 0.3 is 11.9 Å². The Bertz CT molecular complexity index is 800. The van der Waals surface area contributed by atoms with E-state index in [1.54, 1.807) is 0 Å². The zero-order valence-electron chi connectivity index (χ0n) is 20.8. The molecule has 0 bridgehead atoms. The van der Waals surface area contributed by atoms with E-state index in [4.69, 9.17) is 17.8 Å². The van der Waals surface area contributed by atoms with E-state index in [1.807, 2.05) is 0 Å². The van der Waals surface area contributed by atoms with Crippen molar-refractivity contribution in [3.05, 3.63) is 0 Å². The molecule has 0 aliphatic heterocycles. The van der Waals surface area contributed by atoms with Crippen LogP contribution in [0.1, 0.15) is 97.3 Å². The molecule has 0 aromatic rings. The molecule has 204 valence electrons. The van der Waals surface area contributed by atoms with Gasteiger partial charge in [-0.05, 0) is 78.1 Å². The number of esters is 2. The third-order valence-corrected chi connectivity index (χ3v) is 8.95. The minimum atomic E-state index is -3.97. The van der Waals surface area contributed by atoms with Crippen LogP contribution in [0.2, 0.25) is 0 Å². The van der Waals surface area contributed by atoms with Gasteiger partial charge in [0.1, 0.15) is 12.2 Å². The van der Waals surface area contributed by atoms with Crippen LogP contribution in [0.4, 0.5) is 0 Å². The first-order valence-corrected chi connectivity index (χ1v) is 15.9. The van der Waals surface area contributed by atoms with Crippen molar-refractivity contribution in [1.82, 2.24) is 0 Å². The van der Waals surface area contributed by atoms with Gasteiger partial charge in [-0.1, -0.05) is 19.3 Å². The van der Waals surface area contributed by atoms with Gasteiger partial charge in [0.05, 0.1) is 11.5 Å². The smallest absolute Gasteiger partial charge is 0.336 e. The van der Waals surface area contributed by atoms with Gasteiger partial charge in [0, 0.05) is 0 Å². The molecule has 0 radical (unpaired) electrons. The standard InChI is InChI=1S/C23H40O10S2/c1-18(22(24)30-20-12-6-3-7-13-20)32-34(26,27)16-10-5-11-17-35(28,29)33-19(2)23(25)31-21-14-8-4-9-15-21/h18-21H,3-17H2,1-2H3. The van der Waals surface area contributed by atoms with Crippen molar-refractivity contribution in [2.45, 2.75) is 122 Å². The summed E-state index contributed by atoms with van der Waals surface area (Å²) in [6, 6.07) is 0. The summed E-state index contributed by atoms with van der Waals surface area (Å²) in [4.78, 5) is 24.2. The lowest BCUT2D eigenvalue weighted by atomic mass is 9.98. The number of hydrogen-bond donors (Lipinski definition) is 0. The maximum atomic E-state index is 12.2. The van der Waals surface area contributed by atoms with E-state index in [2.05, 4.69) is 0 Å². The Morgan fingerprint density at radius 2 is 0.971 bits per heavy atom. The number of unbranched alkanes of at least 4 members (excludes halogenated alkanes) is 2. The summed E-state index contributed by atoms with van der Waals surface area (Å²) in [5.74, 6) is -2.09. The quantitative estimate of drug-likeness (QED) is 0.183. The third-order valence-electron chi connectivity index (χ3n) is 6.20. The molecule has 0 heterocycles. The van der Waals surface area contributed by atoms with Crippen molar-refractivity contribution in [3.63, 3.8) is 0 Å². The summed E-state index contributed by atoms with van der Waals surface area (Å²) in [6.07, 6.45) is 7.00. The van der Waals surface area contributed by atoms with Gasteiger partial charge in [-0.25, -0.2) is 9.59 Å². The molecule has 2 unspecified atom stereocenters. The first kappa shape index (κ1) is 30.0. The summed E-state index contributed by atoms with van der Waals surface area (Å²) in [5, 5.41) is 0. The van der Waals surface area contributed by atoms with Crippen LogP contribution in [-0.2, 0) is 47.7 Å². The number of hydrogen-bond acceptors (Lipinski definition) is 10. The van der Waals surface area contributed by atoms with Crippen LogP contribution in [-0.4, -0.2) is 64.7 Å². The van der Waals surface area contributed by atoms with Crippen molar-refractivity contribution in [2.24, 2.45) is 0 Å². The fraction of sp³-hybridized carbons (Fsp3) is 0.913. The van der Waals surface area contributed by atoms with Gasteiger partial charge in [-0.3, -0.25) is 8.37 Å². The molecule has 0 amide bonds. The molecule has 0 aromatic carbocycles. The first-order valence-electron chi connectivity index (χ1n) is 12.7. The van der Waals surface area contributed by atoms with Gasteiger partial charge in [-0.2, -0.15) is 16.8 Å². The molecule has 0 aromatic heterocycles. The predicted molar refractivity (Wildman–Crippen MR) is 128 cm³/mol. The SMILES string of the molecule is CC(OS(=O)(=O)CCCCCS(=O)(=O)OC(C)C(=O)OC1CCCCC1)C(=O)OC1CCCCC1. The Morgan fingerprint density at radius 1 is 0.629 bits per heavy atom. The van der Waals surface area contributed by atoms with Gasteiger partial charge < -0.3 is 9.47 Å². The molecule has 2 aliphatic rings. The van der Waals surface area contributed by atoms with Crippen LogP contribution in [0.15, 0.2) is 0 Å². The Morgan fingerprint density at radius 3 is 1.31 bits per heavy atom. The fourth-order valence-electron chi connectivity index (χ4n) is 4.24. The van der Waals surface area contributed by atoms with Gasteiger partial charge in [0.2, 0.25) is 0 Å². The van der Waals surface area contributed by atoms with E-state index < -0.39 is 44.4 Å². The Balaban J connectivity index is 1.63. The second kappa shape index (κ2) is 14.5. The number of carbonyl (C=O) groups excluding carboxylic acids is 2.